The highest BCUT2D eigenvalue weighted by Crippen LogP contribution is 2.14. The van der Waals surface area contributed by atoms with Gasteiger partial charge in [-0.15, -0.1) is 0 Å². The van der Waals surface area contributed by atoms with Crippen LogP contribution in [0.5, 0.6) is 0 Å². The summed E-state index contributed by atoms with van der Waals surface area (Å²) < 4.78 is 3.09. The summed E-state index contributed by atoms with van der Waals surface area (Å²) in [4.78, 5) is 29.5. The quantitative estimate of drug-likeness (QED) is 0.418. The number of carbonyl (C=O) groups excluding carboxylic acids is 1. The number of hydrogen-bond donors (Lipinski definition) is 2. The molecule has 0 atom stereocenters. The van der Waals surface area contributed by atoms with Crippen LogP contribution in [-0.2, 0) is 6.54 Å². The largest absolute Gasteiger partial charge is 0.355 e. The van der Waals surface area contributed by atoms with Gasteiger partial charge in [0.2, 0.25) is 11.5 Å². The zero-order chi connectivity index (χ0) is 17.4. The second-order valence-electron chi connectivity index (χ2n) is 5.51. The van der Waals surface area contributed by atoms with Crippen LogP contribution in [-0.4, -0.2) is 22.3 Å². The summed E-state index contributed by atoms with van der Waals surface area (Å²) in [7, 11) is 1.51. The summed E-state index contributed by atoms with van der Waals surface area (Å²) in [5, 5.41) is 2.86. The van der Waals surface area contributed by atoms with Crippen molar-refractivity contribution >= 4 is 28.4 Å². The van der Waals surface area contributed by atoms with E-state index in [0.29, 0.717) is 23.2 Å². The van der Waals surface area contributed by atoms with Crippen molar-refractivity contribution in [1.82, 2.24) is 14.7 Å². The van der Waals surface area contributed by atoms with E-state index in [1.165, 1.54) is 17.5 Å². The molecule has 0 aliphatic rings. The summed E-state index contributed by atoms with van der Waals surface area (Å²) in [6.07, 6.45) is 3.36. The molecule has 0 aliphatic carbocycles. The molecule has 1 amide bonds. The summed E-state index contributed by atoms with van der Waals surface area (Å²) >= 11 is 0. The average molecular weight is 324 g/mol. The van der Waals surface area contributed by atoms with Crippen LogP contribution in [0.15, 0.2) is 41.8 Å². The Balaban J connectivity index is 2.53. The Kier molecular flexibility index (Phi) is 3.76. The number of fused-ring (bicyclic) bond motifs is 2. The lowest BCUT2D eigenvalue weighted by atomic mass is 10.1. The third kappa shape index (κ3) is 2.30. The van der Waals surface area contributed by atoms with Gasteiger partial charge in [0.25, 0.3) is 17.1 Å². The van der Waals surface area contributed by atoms with Crippen LogP contribution in [0.3, 0.4) is 0 Å². The molecule has 0 spiro atoms. The van der Waals surface area contributed by atoms with Gasteiger partial charge in [0.15, 0.2) is 0 Å². The molecule has 3 N–H and O–H groups in total. The first-order valence-electron chi connectivity index (χ1n) is 7.46. The van der Waals surface area contributed by atoms with Crippen molar-refractivity contribution in [1.29, 1.82) is 0 Å². The molecule has 0 saturated carbocycles. The molecule has 3 aromatic heterocycles. The lowest BCUT2D eigenvalue weighted by Crippen LogP contribution is -2.42. The molecule has 0 radical (unpaired) electrons. The standard InChI is InChI=1S/C17H17N5O2/c1-4-7-21-14(18)11(16(23)19-3)8-12-15(21)20-13-6-5-10(2)9-22(13)17(12)24/h4-6,8-9,18H,1,7H2,2-3H3,(H,19,23)/p+1. The van der Waals surface area contributed by atoms with Crippen molar-refractivity contribution in [2.75, 3.05) is 12.8 Å². The van der Waals surface area contributed by atoms with E-state index in [4.69, 9.17) is 5.73 Å². The predicted octanol–water partition coefficient (Wildman–Crippen LogP) is 0.571. The second kappa shape index (κ2) is 5.77. The van der Waals surface area contributed by atoms with E-state index in [9.17, 15) is 9.59 Å². The van der Waals surface area contributed by atoms with Gasteiger partial charge in [-0.05, 0) is 24.6 Å². The number of nitrogens with two attached hydrogens (primary N) is 1. The molecule has 0 saturated heterocycles. The van der Waals surface area contributed by atoms with Crippen molar-refractivity contribution in [2.24, 2.45) is 0 Å². The van der Waals surface area contributed by atoms with Crippen LogP contribution in [0.4, 0.5) is 5.82 Å². The van der Waals surface area contributed by atoms with Crippen molar-refractivity contribution in [3.8, 4) is 0 Å². The SMILES string of the molecule is C=CC[n+]1c(N)c(C(=O)NC)cc2c(=O)n3cc(C)ccc3nc21. The molecule has 3 aromatic rings. The van der Waals surface area contributed by atoms with Gasteiger partial charge in [-0.1, -0.05) is 23.7 Å². The first-order valence-corrected chi connectivity index (χ1v) is 7.46. The maximum absolute atomic E-state index is 12.9. The van der Waals surface area contributed by atoms with Crippen molar-refractivity contribution in [2.45, 2.75) is 13.5 Å². The summed E-state index contributed by atoms with van der Waals surface area (Å²) in [6, 6.07) is 5.15. The van der Waals surface area contributed by atoms with Gasteiger partial charge in [-0.25, -0.2) is 4.57 Å². The average Bonchev–Trinajstić information content (AvgIpc) is 2.57. The molecule has 3 heterocycles. The Hall–Kier alpha value is -3.22. The van der Waals surface area contributed by atoms with Crippen LogP contribution in [0, 0.1) is 6.92 Å². The first-order chi connectivity index (χ1) is 11.5. The third-order valence-electron chi connectivity index (χ3n) is 3.88. The second-order valence-corrected chi connectivity index (χ2v) is 5.51. The van der Waals surface area contributed by atoms with E-state index in [-0.39, 0.29) is 22.8 Å². The Bertz CT molecular complexity index is 1050. The van der Waals surface area contributed by atoms with Gasteiger partial charge < -0.3 is 11.1 Å². The Labute approximate surface area is 138 Å². The highest BCUT2D eigenvalue weighted by Gasteiger charge is 2.23. The fourth-order valence-electron chi connectivity index (χ4n) is 2.69. The van der Waals surface area contributed by atoms with Crippen LogP contribution in [0.1, 0.15) is 15.9 Å². The smallest absolute Gasteiger partial charge is 0.278 e. The van der Waals surface area contributed by atoms with Crippen molar-refractivity contribution in [3.05, 3.63) is 58.5 Å². The number of hydrogen-bond acceptors (Lipinski definition) is 4. The maximum Gasteiger partial charge on any atom is 0.278 e. The first kappa shape index (κ1) is 15.7. The lowest BCUT2D eigenvalue weighted by molar-refractivity contribution is -0.648. The molecule has 3 rings (SSSR count). The zero-order valence-corrected chi connectivity index (χ0v) is 13.5. The van der Waals surface area contributed by atoms with Crippen molar-refractivity contribution in [3.63, 3.8) is 0 Å². The molecular weight excluding hydrogens is 306 g/mol. The van der Waals surface area contributed by atoms with Crippen LogP contribution in [0.2, 0.25) is 0 Å². The van der Waals surface area contributed by atoms with Crippen molar-refractivity contribution < 1.29 is 9.36 Å². The normalized spacial score (nSPS) is 10.9. The van der Waals surface area contributed by atoms with Gasteiger partial charge in [0.05, 0.1) is 6.54 Å². The van der Waals surface area contributed by atoms with Crippen LogP contribution < -0.4 is 21.2 Å². The number of allylic oxidation sites excluding steroid dienone is 1. The Morgan fingerprint density at radius 2 is 2.25 bits per heavy atom. The van der Waals surface area contributed by atoms with E-state index < -0.39 is 0 Å². The van der Waals surface area contributed by atoms with Gasteiger partial charge in [-0.3, -0.25) is 14.0 Å². The molecule has 0 bridgehead atoms. The minimum Gasteiger partial charge on any atom is -0.355 e. The fraction of sp³-hybridized carbons (Fsp3) is 0.176. The Morgan fingerprint density at radius 3 is 2.92 bits per heavy atom. The number of amides is 1. The van der Waals surface area contributed by atoms with E-state index in [2.05, 4.69) is 16.9 Å². The number of rotatable bonds is 3. The number of pyridine rings is 2. The predicted molar refractivity (Wildman–Crippen MR) is 91.9 cm³/mol. The molecule has 7 nitrogen and oxygen atoms in total. The van der Waals surface area contributed by atoms with E-state index in [0.717, 1.165) is 5.56 Å². The summed E-state index contributed by atoms with van der Waals surface area (Å²) in [5.74, 6) is -0.119. The number of aromatic nitrogens is 3. The molecule has 122 valence electrons. The topological polar surface area (TPSA) is 93.4 Å². The summed E-state index contributed by atoms with van der Waals surface area (Å²) in [5.41, 5.74) is 8.00. The fourth-order valence-corrected chi connectivity index (χ4v) is 2.69. The number of nitrogens with one attached hydrogen (secondary N) is 1. The molecule has 7 heteroatoms. The van der Waals surface area contributed by atoms with Gasteiger partial charge >= 0.3 is 0 Å². The van der Waals surface area contributed by atoms with Crippen LogP contribution in [0.25, 0.3) is 16.7 Å². The molecular formula is C17H18N5O2+. The van der Waals surface area contributed by atoms with Gasteiger partial charge in [0, 0.05) is 13.2 Å². The number of nitrogen functional groups attached to an aromatic ring is 1. The molecule has 0 unspecified atom stereocenters. The summed E-state index contributed by atoms with van der Waals surface area (Å²) in [6.45, 7) is 5.94. The van der Waals surface area contributed by atoms with E-state index >= 15 is 0 Å². The number of anilines is 1. The monoisotopic (exact) mass is 324 g/mol. The Morgan fingerprint density at radius 1 is 1.50 bits per heavy atom. The highest BCUT2D eigenvalue weighted by atomic mass is 16.1. The lowest BCUT2D eigenvalue weighted by Gasteiger charge is -2.10. The number of nitrogens with zero attached hydrogens (tertiary/aromatic N) is 3. The van der Waals surface area contributed by atoms with Gasteiger partial charge in [-0.2, -0.15) is 0 Å². The molecule has 0 fully saturated rings. The third-order valence-corrected chi connectivity index (χ3v) is 3.88. The molecule has 0 aromatic carbocycles. The minimum absolute atomic E-state index is 0.235. The van der Waals surface area contributed by atoms with E-state index in [1.54, 1.807) is 22.9 Å². The molecule has 0 aliphatic heterocycles. The molecule has 24 heavy (non-hydrogen) atoms. The number of carbonyl (C=O) groups is 1. The maximum atomic E-state index is 12.9. The van der Waals surface area contributed by atoms with E-state index in [1.807, 2.05) is 13.0 Å². The highest BCUT2D eigenvalue weighted by molar-refractivity contribution is 6.00. The minimum atomic E-state index is -0.360. The zero-order valence-electron chi connectivity index (χ0n) is 13.5. The van der Waals surface area contributed by atoms with Gasteiger partial charge in [0.1, 0.15) is 10.9 Å². The van der Waals surface area contributed by atoms with Crippen LogP contribution >= 0.6 is 0 Å². The number of aryl methyl sites for hydroxylation is 1.